The van der Waals surface area contributed by atoms with Gasteiger partial charge in [-0.05, 0) is 24.1 Å². The second-order valence-electron chi connectivity index (χ2n) is 4.53. The number of amides is 1. The van der Waals surface area contributed by atoms with Crippen LogP contribution in [0.3, 0.4) is 0 Å². The molecule has 2 aromatic rings. The molecule has 1 aromatic carbocycles. The molecular weight excluding hydrogens is 268 g/mol. The van der Waals surface area contributed by atoms with Gasteiger partial charge in [0.15, 0.2) is 5.84 Å². The number of nitrogens with zero attached hydrogens (tertiary/aromatic N) is 2. The number of carbonyl (C=O) groups is 1. The molecule has 1 heterocycles. The fraction of sp³-hybridized carbons (Fsp3) is 0.133. The lowest BCUT2D eigenvalue weighted by Crippen LogP contribution is -2.24. The van der Waals surface area contributed by atoms with E-state index in [1.165, 1.54) is 0 Å². The quantitative estimate of drug-likeness (QED) is 0.342. The molecule has 0 unspecified atom stereocenters. The van der Waals surface area contributed by atoms with Crippen LogP contribution in [0.2, 0.25) is 0 Å². The summed E-state index contributed by atoms with van der Waals surface area (Å²) < 4.78 is 0. The summed E-state index contributed by atoms with van der Waals surface area (Å²) >= 11 is 0. The van der Waals surface area contributed by atoms with Gasteiger partial charge in [-0.2, -0.15) is 0 Å². The third kappa shape index (κ3) is 3.56. The molecule has 0 bridgehead atoms. The minimum Gasteiger partial charge on any atom is -0.409 e. The van der Waals surface area contributed by atoms with Gasteiger partial charge < -0.3 is 16.3 Å². The summed E-state index contributed by atoms with van der Waals surface area (Å²) in [5, 5.41) is 14.3. The Kier molecular flexibility index (Phi) is 4.50. The maximum Gasteiger partial charge on any atom is 0.270 e. The van der Waals surface area contributed by atoms with Crippen molar-refractivity contribution in [3.63, 3.8) is 0 Å². The number of aromatic nitrogens is 1. The molecule has 0 saturated carbocycles. The van der Waals surface area contributed by atoms with Crippen LogP contribution in [0, 0.1) is 6.92 Å². The number of rotatable bonds is 4. The largest absolute Gasteiger partial charge is 0.409 e. The fourth-order valence-electron chi connectivity index (χ4n) is 1.84. The van der Waals surface area contributed by atoms with Gasteiger partial charge in [0.05, 0.1) is 0 Å². The van der Waals surface area contributed by atoms with Crippen molar-refractivity contribution in [2.75, 3.05) is 0 Å². The molecule has 2 rings (SSSR count). The van der Waals surface area contributed by atoms with E-state index < -0.39 is 0 Å². The smallest absolute Gasteiger partial charge is 0.270 e. The monoisotopic (exact) mass is 284 g/mol. The summed E-state index contributed by atoms with van der Waals surface area (Å²) in [7, 11) is 0. The Hall–Kier alpha value is -2.89. The van der Waals surface area contributed by atoms with E-state index >= 15 is 0 Å². The van der Waals surface area contributed by atoms with Crippen molar-refractivity contribution in [3.05, 3.63) is 65.0 Å². The molecule has 108 valence electrons. The number of amidine groups is 1. The number of oxime groups is 1. The topological polar surface area (TPSA) is 101 Å². The molecule has 0 aliphatic heterocycles. The van der Waals surface area contributed by atoms with Crippen molar-refractivity contribution >= 4 is 11.7 Å². The van der Waals surface area contributed by atoms with E-state index in [0.29, 0.717) is 17.8 Å². The van der Waals surface area contributed by atoms with Crippen LogP contribution < -0.4 is 11.1 Å². The molecule has 0 radical (unpaired) electrons. The minimum absolute atomic E-state index is 0.0506. The van der Waals surface area contributed by atoms with Crippen molar-refractivity contribution in [1.82, 2.24) is 10.3 Å². The molecule has 6 heteroatoms. The summed E-state index contributed by atoms with van der Waals surface area (Å²) in [6.45, 7) is 2.22. The molecule has 0 aliphatic rings. The normalized spacial score (nSPS) is 11.2. The maximum atomic E-state index is 12.0. The zero-order chi connectivity index (χ0) is 15.2. The first-order valence-corrected chi connectivity index (χ1v) is 6.38. The van der Waals surface area contributed by atoms with Crippen molar-refractivity contribution in [3.8, 4) is 0 Å². The summed E-state index contributed by atoms with van der Waals surface area (Å²) in [6, 6.07) is 10.7. The van der Waals surface area contributed by atoms with Gasteiger partial charge in [-0.1, -0.05) is 35.5 Å². The van der Waals surface area contributed by atoms with Crippen molar-refractivity contribution < 1.29 is 10.0 Å². The average molecular weight is 284 g/mol. The molecule has 0 fully saturated rings. The Labute approximate surface area is 122 Å². The van der Waals surface area contributed by atoms with Gasteiger partial charge in [-0.15, -0.1) is 0 Å². The Morgan fingerprint density at radius 2 is 2.05 bits per heavy atom. The standard InChI is InChI=1S/C15H16N4O2/c1-10-3-2-8-17-13(10)15(20)18-9-11-4-6-12(7-5-11)14(16)19-21/h2-8,21H,9H2,1H3,(H2,16,19)(H,18,20). The van der Waals surface area contributed by atoms with Crippen molar-refractivity contribution in [2.45, 2.75) is 13.5 Å². The first-order chi connectivity index (χ1) is 10.1. The maximum absolute atomic E-state index is 12.0. The molecule has 1 amide bonds. The molecular formula is C15H16N4O2. The van der Waals surface area contributed by atoms with Gasteiger partial charge in [0.2, 0.25) is 0 Å². The van der Waals surface area contributed by atoms with Crippen LogP contribution in [0.5, 0.6) is 0 Å². The van der Waals surface area contributed by atoms with Gasteiger partial charge in [0, 0.05) is 18.3 Å². The molecule has 6 nitrogen and oxygen atoms in total. The van der Waals surface area contributed by atoms with Crippen LogP contribution in [0.1, 0.15) is 27.2 Å². The highest BCUT2D eigenvalue weighted by atomic mass is 16.4. The molecule has 0 spiro atoms. The zero-order valence-electron chi connectivity index (χ0n) is 11.6. The van der Waals surface area contributed by atoms with Gasteiger partial charge in [0.1, 0.15) is 5.69 Å². The van der Waals surface area contributed by atoms with Crippen LogP contribution in [0.25, 0.3) is 0 Å². The van der Waals surface area contributed by atoms with E-state index in [1.807, 2.05) is 13.0 Å². The van der Waals surface area contributed by atoms with Crippen LogP contribution >= 0.6 is 0 Å². The summed E-state index contributed by atoms with van der Waals surface area (Å²) in [4.78, 5) is 16.1. The van der Waals surface area contributed by atoms with Gasteiger partial charge >= 0.3 is 0 Å². The average Bonchev–Trinajstić information content (AvgIpc) is 2.52. The first-order valence-electron chi connectivity index (χ1n) is 6.38. The number of nitrogens with two attached hydrogens (primary N) is 1. The summed E-state index contributed by atoms with van der Waals surface area (Å²) in [6.07, 6.45) is 1.59. The first kappa shape index (κ1) is 14.5. The predicted molar refractivity (Wildman–Crippen MR) is 79.1 cm³/mol. The molecule has 1 aromatic heterocycles. The molecule has 0 atom stereocenters. The summed E-state index contributed by atoms with van der Waals surface area (Å²) in [5.41, 5.74) is 8.26. The van der Waals surface area contributed by atoms with Crippen LogP contribution in [-0.4, -0.2) is 21.9 Å². The van der Waals surface area contributed by atoms with E-state index in [0.717, 1.165) is 11.1 Å². The second-order valence-corrected chi connectivity index (χ2v) is 4.53. The Morgan fingerprint density at radius 3 is 2.67 bits per heavy atom. The molecule has 0 saturated heterocycles. The third-order valence-electron chi connectivity index (χ3n) is 3.04. The minimum atomic E-state index is -0.214. The SMILES string of the molecule is Cc1cccnc1C(=O)NCc1ccc(C(N)=NO)cc1. The van der Waals surface area contributed by atoms with Gasteiger partial charge in [0.25, 0.3) is 5.91 Å². The lowest BCUT2D eigenvalue weighted by atomic mass is 10.1. The van der Waals surface area contributed by atoms with Crippen LogP contribution in [0.15, 0.2) is 47.8 Å². The summed E-state index contributed by atoms with van der Waals surface area (Å²) in [5.74, 6) is -0.164. The predicted octanol–water partition coefficient (Wildman–Crippen LogP) is 1.41. The lowest BCUT2D eigenvalue weighted by molar-refractivity contribution is 0.0945. The number of pyridine rings is 1. The number of aryl methyl sites for hydroxylation is 1. The second kappa shape index (κ2) is 6.51. The number of benzene rings is 1. The Balaban J connectivity index is 2.00. The third-order valence-corrected chi connectivity index (χ3v) is 3.04. The van der Waals surface area contributed by atoms with Crippen LogP contribution in [-0.2, 0) is 6.54 Å². The van der Waals surface area contributed by atoms with E-state index in [2.05, 4.69) is 15.5 Å². The Bertz CT molecular complexity index is 666. The van der Waals surface area contributed by atoms with Crippen LogP contribution in [0.4, 0.5) is 0 Å². The highest BCUT2D eigenvalue weighted by molar-refractivity contribution is 5.97. The van der Waals surface area contributed by atoms with E-state index in [4.69, 9.17) is 10.9 Å². The van der Waals surface area contributed by atoms with Crippen molar-refractivity contribution in [2.24, 2.45) is 10.9 Å². The van der Waals surface area contributed by atoms with Gasteiger partial charge in [-0.3, -0.25) is 9.78 Å². The highest BCUT2D eigenvalue weighted by Crippen LogP contribution is 2.06. The molecule has 4 N–H and O–H groups in total. The lowest BCUT2D eigenvalue weighted by Gasteiger charge is -2.07. The van der Waals surface area contributed by atoms with Crippen molar-refractivity contribution in [1.29, 1.82) is 0 Å². The molecule has 21 heavy (non-hydrogen) atoms. The zero-order valence-corrected chi connectivity index (χ0v) is 11.6. The number of hydrogen-bond donors (Lipinski definition) is 3. The number of nitrogens with one attached hydrogen (secondary N) is 1. The number of carbonyl (C=O) groups excluding carboxylic acids is 1. The Morgan fingerprint density at radius 1 is 1.33 bits per heavy atom. The number of hydrogen-bond acceptors (Lipinski definition) is 4. The highest BCUT2D eigenvalue weighted by Gasteiger charge is 2.09. The van der Waals surface area contributed by atoms with Gasteiger partial charge in [-0.25, -0.2) is 0 Å². The fourth-order valence-corrected chi connectivity index (χ4v) is 1.84. The molecule has 0 aliphatic carbocycles. The van der Waals surface area contributed by atoms with E-state index in [-0.39, 0.29) is 11.7 Å². The van der Waals surface area contributed by atoms with E-state index in [1.54, 1.807) is 36.5 Å². The van der Waals surface area contributed by atoms with E-state index in [9.17, 15) is 4.79 Å².